The van der Waals surface area contributed by atoms with Gasteiger partial charge >= 0.3 is 0 Å². The Hall–Kier alpha value is -3.28. The van der Waals surface area contributed by atoms with E-state index in [9.17, 15) is 4.79 Å². The highest BCUT2D eigenvalue weighted by Crippen LogP contribution is 2.19. The van der Waals surface area contributed by atoms with E-state index >= 15 is 0 Å². The van der Waals surface area contributed by atoms with Crippen molar-refractivity contribution in [1.82, 2.24) is 19.9 Å². The van der Waals surface area contributed by atoms with Gasteiger partial charge in [0.15, 0.2) is 0 Å². The van der Waals surface area contributed by atoms with Crippen molar-refractivity contribution in [2.75, 3.05) is 19.4 Å². The standard InChI is InChI=1S/C18H17N5O/c1-23(2)18(24)14-5-7-16(20-11-14)13-6-8-17(21-10-13)22-15-4-3-9-19-12-15/h3-12H,1-2H3,(H,21,22). The van der Waals surface area contributed by atoms with Gasteiger partial charge in [0, 0.05) is 38.2 Å². The van der Waals surface area contributed by atoms with Crippen LogP contribution in [0.5, 0.6) is 0 Å². The highest BCUT2D eigenvalue weighted by atomic mass is 16.2. The van der Waals surface area contributed by atoms with Crippen molar-refractivity contribution in [2.45, 2.75) is 0 Å². The Morgan fingerprint density at radius 2 is 1.88 bits per heavy atom. The molecule has 1 amide bonds. The number of hydrogen-bond donors (Lipinski definition) is 1. The molecule has 3 heterocycles. The molecule has 0 unspecified atom stereocenters. The van der Waals surface area contributed by atoms with E-state index < -0.39 is 0 Å². The maximum Gasteiger partial charge on any atom is 0.254 e. The molecule has 6 nitrogen and oxygen atoms in total. The fraction of sp³-hybridized carbons (Fsp3) is 0.111. The third-order valence-corrected chi connectivity index (χ3v) is 3.41. The molecule has 24 heavy (non-hydrogen) atoms. The molecule has 0 atom stereocenters. The number of aromatic nitrogens is 3. The second-order valence-electron chi connectivity index (χ2n) is 5.43. The molecule has 0 aliphatic heterocycles. The fourth-order valence-corrected chi connectivity index (χ4v) is 2.15. The lowest BCUT2D eigenvalue weighted by Crippen LogP contribution is -2.21. The molecule has 3 rings (SSSR count). The summed E-state index contributed by atoms with van der Waals surface area (Å²) in [4.78, 5) is 26.2. The number of carbonyl (C=O) groups is 1. The van der Waals surface area contributed by atoms with Crippen molar-refractivity contribution in [1.29, 1.82) is 0 Å². The van der Waals surface area contributed by atoms with Crippen molar-refractivity contribution in [3.63, 3.8) is 0 Å². The molecule has 0 aromatic carbocycles. The molecule has 3 aromatic heterocycles. The molecule has 120 valence electrons. The quantitative estimate of drug-likeness (QED) is 0.800. The number of pyridine rings is 3. The van der Waals surface area contributed by atoms with E-state index in [0.717, 1.165) is 22.8 Å². The molecule has 0 saturated carbocycles. The van der Waals surface area contributed by atoms with E-state index in [1.807, 2.05) is 30.3 Å². The summed E-state index contributed by atoms with van der Waals surface area (Å²) in [7, 11) is 3.43. The average Bonchev–Trinajstić information content (AvgIpc) is 2.63. The highest BCUT2D eigenvalue weighted by Gasteiger charge is 2.09. The fourth-order valence-electron chi connectivity index (χ4n) is 2.15. The molecular formula is C18H17N5O. The summed E-state index contributed by atoms with van der Waals surface area (Å²) in [6.07, 6.45) is 6.78. The second kappa shape index (κ2) is 6.87. The van der Waals surface area contributed by atoms with Gasteiger partial charge in [0.25, 0.3) is 5.91 Å². The summed E-state index contributed by atoms with van der Waals surface area (Å²) >= 11 is 0. The summed E-state index contributed by atoms with van der Waals surface area (Å²) in [6.45, 7) is 0. The zero-order valence-corrected chi connectivity index (χ0v) is 13.5. The lowest BCUT2D eigenvalue weighted by Gasteiger charge is -2.10. The second-order valence-corrected chi connectivity index (χ2v) is 5.43. The van der Waals surface area contributed by atoms with Gasteiger partial charge in [0.1, 0.15) is 5.82 Å². The van der Waals surface area contributed by atoms with Crippen LogP contribution < -0.4 is 5.32 Å². The number of amides is 1. The molecule has 0 fully saturated rings. The van der Waals surface area contributed by atoms with Gasteiger partial charge in [-0.05, 0) is 36.4 Å². The van der Waals surface area contributed by atoms with Crippen LogP contribution in [0.25, 0.3) is 11.3 Å². The topological polar surface area (TPSA) is 71.0 Å². The van der Waals surface area contributed by atoms with E-state index in [4.69, 9.17) is 0 Å². The first-order chi connectivity index (χ1) is 11.6. The van der Waals surface area contributed by atoms with Crippen LogP contribution in [0, 0.1) is 0 Å². The maximum atomic E-state index is 11.9. The van der Waals surface area contributed by atoms with Gasteiger partial charge in [-0.2, -0.15) is 0 Å². The van der Waals surface area contributed by atoms with Crippen LogP contribution >= 0.6 is 0 Å². The third-order valence-electron chi connectivity index (χ3n) is 3.41. The van der Waals surface area contributed by atoms with Crippen LogP contribution in [-0.2, 0) is 0 Å². The van der Waals surface area contributed by atoms with E-state index in [2.05, 4.69) is 20.3 Å². The lowest BCUT2D eigenvalue weighted by atomic mass is 10.1. The Morgan fingerprint density at radius 1 is 1.00 bits per heavy atom. The van der Waals surface area contributed by atoms with Gasteiger partial charge in [0.05, 0.1) is 23.1 Å². The molecule has 0 saturated heterocycles. The van der Waals surface area contributed by atoms with Crippen LogP contribution in [0.15, 0.2) is 61.2 Å². The summed E-state index contributed by atoms with van der Waals surface area (Å²) in [5.74, 6) is 0.661. The first kappa shape index (κ1) is 15.6. The SMILES string of the molecule is CN(C)C(=O)c1ccc(-c2ccc(Nc3cccnc3)nc2)nc1. The van der Waals surface area contributed by atoms with Crippen molar-refractivity contribution in [3.8, 4) is 11.3 Å². The van der Waals surface area contributed by atoms with Gasteiger partial charge < -0.3 is 10.2 Å². The summed E-state index contributed by atoms with van der Waals surface area (Å²) in [5, 5.41) is 3.17. The molecular weight excluding hydrogens is 302 g/mol. The smallest absolute Gasteiger partial charge is 0.254 e. The molecule has 0 aliphatic rings. The normalized spacial score (nSPS) is 10.2. The van der Waals surface area contributed by atoms with Crippen molar-refractivity contribution >= 4 is 17.4 Å². The first-order valence-electron chi connectivity index (χ1n) is 7.44. The monoisotopic (exact) mass is 319 g/mol. The summed E-state index contributed by atoms with van der Waals surface area (Å²) in [6, 6.07) is 11.2. The van der Waals surface area contributed by atoms with Gasteiger partial charge in [-0.25, -0.2) is 4.98 Å². The average molecular weight is 319 g/mol. The summed E-state index contributed by atoms with van der Waals surface area (Å²) in [5.41, 5.74) is 3.09. The molecule has 1 N–H and O–H groups in total. The van der Waals surface area contributed by atoms with Crippen LogP contribution in [0.4, 0.5) is 11.5 Å². The van der Waals surface area contributed by atoms with Gasteiger partial charge in [-0.1, -0.05) is 0 Å². The third kappa shape index (κ3) is 3.55. The highest BCUT2D eigenvalue weighted by molar-refractivity contribution is 5.93. The summed E-state index contributed by atoms with van der Waals surface area (Å²) < 4.78 is 0. The molecule has 0 radical (unpaired) electrons. The number of rotatable bonds is 4. The molecule has 0 aliphatic carbocycles. The number of nitrogens with one attached hydrogen (secondary N) is 1. The van der Waals surface area contributed by atoms with E-state index in [1.165, 1.54) is 4.90 Å². The van der Waals surface area contributed by atoms with Gasteiger partial charge in [-0.15, -0.1) is 0 Å². The van der Waals surface area contributed by atoms with E-state index in [1.54, 1.807) is 44.9 Å². The van der Waals surface area contributed by atoms with E-state index in [-0.39, 0.29) is 5.91 Å². The Morgan fingerprint density at radius 3 is 2.46 bits per heavy atom. The van der Waals surface area contributed by atoms with Crippen LogP contribution in [0.1, 0.15) is 10.4 Å². The number of anilines is 2. The minimum atomic E-state index is -0.0665. The Kier molecular flexibility index (Phi) is 4.47. The molecule has 3 aromatic rings. The van der Waals surface area contributed by atoms with Gasteiger partial charge in [-0.3, -0.25) is 14.8 Å². The zero-order chi connectivity index (χ0) is 16.9. The number of nitrogens with zero attached hydrogens (tertiary/aromatic N) is 4. The lowest BCUT2D eigenvalue weighted by molar-refractivity contribution is 0.0827. The number of carbonyl (C=O) groups excluding carboxylic acids is 1. The van der Waals surface area contributed by atoms with Crippen LogP contribution in [-0.4, -0.2) is 39.9 Å². The predicted molar refractivity (Wildman–Crippen MR) is 93.0 cm³/mol. The van der Waals surface area contributed by atoms with Gasteiger partial charge in [0.2, 0.25) is 0 Å². The Balaban J connectivity index is 1.75. The van der Waals surface area contributed by atoms with Crippen LogP contribution in [0.2, 0.25) is 0 Å². The molecule has 6 heteroatoms. The molecule has 0 spiro atoms. The van der Waals surface area contributed by atoms with E-state index in [0.29, 0.717) is 5.56 Å². The molecule has 0 bridgehead atoms. The van der Waals surface area contributed by atoms with Crippen molar-refractivity contribution in [2.24, 2.45) is 0 Å². The minimum absolute atomic E-state index is 0.0665. The Labute approximate surface area is 140 Å². The first-order valence-corrected chi connectivity index (χ1v) is 7.44. The Bertz CT molecular complexity index is 814. The maximum absolute atomic E-state index is 11.9. The van der Waals surface area contributed by atoms with Crippen molar-refractivity contribution < 1.29 is 4.79 Å². The predicted octanol–water partition coefficient (Wildman–Crippen LogP) is 2.98. The number of hydrogen-bond acceptors (Lipinski definition) is 5. The minimum Gasteiger partial charge on any atom is -0.345 e. The van der Waals surface area contributed by atoms with Crippen molar-refractivity contribution in [3.05, 3.63) is 66.7 Å². The largest absolute Gasteiger partial charge is 0.345 e. The zero-order valence-electron chi connectivity index (χ0n) is 13.5. The van der Waals surface area contributed by atoms with Crippen LogP contribution in [0.3, 0.4) is 0 Å².